The molecule has 2 heterocycles. The van der Waals surface area contributed by atoms with E-state index in [0.29, 0.717) is 24.3 Å². The van der Waals surface area contributed by atoms with Gasteiger partial charge in [0.25, 0.3) is 0 Å². The fourth-order valence-corrected chi connectivity index (χ4v) is 3.38. The standard InChI is InChI=1S/C17H28N4O/c1-13(2)16-12-20(10-15-8-18-19(3)9-15)7-6-17(22)21(16)11-14-4-5-14/h8-9,13-14,16H,4-7,10-12H2,1-3H3/t16-/m1/s1. The molecule has 2 fully saturated rings. The van der Waals surface area contributed by atoms with Crippen molar-refractivity contribution in [3.8, 4) is 0 Å². The summed E-state index contributed by atoms with van der Waals surface area (Å²) in [5.74, 6) is 1.60. The molecular formula is C17H28N4O. The van der Waals surface area contributed by atoms with Crippen molar-refractivity contribution < 1.29 is 4.79 Å². The molecule has 0 bridgehead atoms. The number of rotatable bonds is 5. The van der Waals surface area contributed by atoms with Crippen LogP contribution in [0.1, 0.15) is 38.7 Å². The Morgan fingerprint density at radius 2 is 2.14 bits per heavy atom. The van der Waals surface area contributed by atoms with Crippen molar-refractivity contribution in [2.75, 3.05) is 19.6 Å². The van der Waals surface area contributed by atoms with Crippen LogP contribution < -0.4 is 0 Å². The molecule has 0 N–H and O–H groups in total. The van der Waals surface area contributed by atoms with Crippen molar-refractivity contribution in [2.45, 2.75) is 45.7 Å². The van der Waals surface area contributed by atoms with E-state index in [2.05, 4.69) is 34.9 Å². The van der Waals surface area contributed by atoms with Gasteiger partial charge in [0.15, 0.2) is 0 Å². The number of amides is 1. The van der Waals surface area contributed by atoms with Gasteiger partial charge in [0.2, 0.25) is 5.91 Å². The van der Waals surface area contributed by atoms with Gasteiger partial charge in [0.05, 0.1) is 6.20 Å². The van der Waals surface area contributed by atoms with Crippen LogP contribution in [0.3, 0.4) is 0 Å². The van der Waals surface area contributed by atoms with E-state index in [9.17, 15) is 4.79 Å². The Morgan fingerprint density at radius 3 is 2.73 bits per heavy atom. The minimum atomic E-state index is 0.340. The zero-order chi connectivity index (χ0) is 15.7. The molecule has 0 radical (unpaired) electrons. The van der Waals surface area contributed by atoms with E-state index in [1.54, 1.807) is 0 Å². The molecule has 1 aliphatic heterocycles. The number of carbonyl (C=O) groups excluding carboxylic acids is 1. The van der Waals surface area contributed by atoms with Crippen molar-refractivity contribution in [3.05, 3.63) is 18.0 Å². The van der Waals surface area contributed by atoms with Gasteiger partial charge in [0.1, 0.15) is 0 Å². The lowest BCUT2D eigenvalue weighted by molar-refractivity contribution is -0.133. The van der Waals surface area contributed by atoms with Crippen molar-refractivity contribution in [2.24, 2.45) is 18.9 Å². The predicted octanol–water partition coefficient (Wildman–Crippen LogP) is 1.89. The Balaban J connectivity index is 1.70. The van der Waals surface area contributed by atoms with Crippen LogP contribution >= 0.6 is 0 Å². The number of carbonyl (C=O) groups is 1. The molecule has 5 nitrogen and oxygen atoms in total. The van der Waals surface area contributed by atoms with Gasteiger partial charge in [-0.3, -0.25) is 14.4 Å². The normalized spacial score (nSPS) is 24.1. The third kappa shape index (κ3) is 3.69. The van der Waals surface area contributed by atoms with Crippen molar-refractivity contribution >= 4 is 5.91 Å². The van der Waals surface area contributed by atoms with Crippen LogP contribution in [0.2, 0.25) is 0 Å². The molecule has 2 aliphatic rings. The first-order chi connectivity index (χ1) is 10.5. The van der Waals surface area contributed by atoms with Crippen LogP contribution in [0.25, 0.3) is 0 Å². The molecule has 1 amide bonds. The first-order valence-electron chi connectivity index (χ1n) is 8.52. The molecule has 0 aromatic carbocycles. The second-order valence-corrected chi connectivity index (χ2v) is 7.31. The summed E-state index contributed by atoms with van der Waals surface area (Å²) in [5, 5.41) is 4.25. The molecule has 1 aromatic heterocycles. The van der Waals surface area contributed by atoms with Gasteiger partial charge in [-0.25, -0.2) is 0 Å². The maximum absolute atomic E-state index is 12.6. The quantitative estimate of drug-likeness (QED) is 0.834. The molecule has 0 unspecified atom stereocenters. The minimum Gasteiger partial charge on any atom is -0.338 e. The van der Waals surface area contributed by atoms with Crippen molar-refractivity contribution in [1.29, 1.82) is 0 Å². The maximum atomic E-state index is 12.6. The highest BCUT2D eigenvalue weighted by Gasteiger charge is 2.35. The Kier molecular flexibility index (Phi) is 4.52. The zero-order valence-corrected chi connectivity index (χ0v) is 14.0. The SMILES string of the molecule is CC(C)[C@H]1CN(Cc2cnn(C)c2)CCC(=O)N1CC1CC1. The summed E-state index contributed by atoms with van der Waals surface area (Å²) in [6.07, 6.45) is 7.25. The predicted molar refractivity (Wildman–Crippen MR) is 86.2 cm³/mol. The van der Waals surface area contributed by atoms with Gasteiger partial charge in [0, 0.05) is 57.4 Å². The van der Waals surface area contributed by atoms with E-state index in [1.165, 1.54) is 18.4 Å². The lowest BCUT2D eigenvalue weighted by Gasteiger charge is -2.34. The number of aromatic nitrogens is 2. The van der Waals surface area contributed by atoms with Gasteiger partial charge in [-0.15, -0.1) is 0 Å². The van der Waals surface area contributed by atoms with Crippen LogP contribution in [0, 0.1) is 11.8 Å². The Morgan fingerprint density at radius 1 is 1.36 bits per heavy atom. The summed E-state index contributed by atoms with van der Waals surface area (Å²) >= 11 is 0. The zero-order valence-electron chi connectivity index (χ0n) is 14.0. The lowest BCUT2D eigenvalue weighted by atomic mass is 10.0. The molecule has 1 aromatic rings. The summed E-state index contributed by atoms with van der Waals surface area (Å²) in [6.45, 7) is 8.18. The van der Waals surface area contributed by atoms with Gasteiger partial charge in [-0.2, -0.15) is 5.10 Å². The van der Waals surface area contributed by atoms with E-state index >= 15 is 0 Å². The second-order valence-electron chi connectivity index (χ2n) is 7.31. The Labute approximate surface area is 133 Å². The number of nitrogens with zero attached hydrogens (tertiary/aromatic N) is 4. The van der Waals surface area contributed by atoms with Gasteiger partial charge < -0.3 is 4.90 Å². The summed E-state index contributed by atoms with van der Waals surface area (Å²) in [7, 11) is 1.95. The summed E-state index contributed by atoms with van der Waals surface area (Å²) in [5.41, 5.74) is 1.23. The van der Waals surface area contributed by atoms with E-state index in [0.717, 1.165) is 32.1 Å². The highest BCUT2D eigenvalue weighted by molar-refractivity contribution is 5.77. The van der Waals surface area contributed by atoms with E-state index in [1.807, 2.05) is 17.9 Å². The first kappa shape index (κ1) is 15.5. The fourth-order valence-electron chi connectivity index (χ4n) is 3.38. The topological polar surface area (TPSA) is 41.4 Å². The van der Waals surface area contributed by atoms with E-state index in [-0.39, 0.29) is 0 Å². The van der Waals surface area contributed by atoms with E-state index < -0.39 is 0 Å². The molecule has 1 saturated carbocycles. The van der Waals surface area contributed by atoms with Crippen molar-refractivity contribution in [3.63, 3.8) is 0 Å². The average molecular weight is 304 g/mol. The van der Waals surface area contributed by atoms with Gasteiger partial charge >= 0.3 is 0 Å². The fraction of sp³-hybridized carbons (Fsp3) is 0.765. The molecule has 3 rings (SSSR count). The molecule has 5 heteroatoms. The largest absolute Gasteiger partial charge is 0.338 e. The second kappa shape index (κ2) is 6.41. The Hall–Kier alpha value is -1.36. The summed E-state index contributed by atoms with van der Waals surface area (Å²) < 4.78 is 1.84. The summed E-state index contributed by atoms with van der Waals surface area (Å²) in [6, 6.07) is 0.340. The third-order valence-corrected chi connectivity index (χ3v) is 4.89. The minimum absolute atomic E-state index is 0.340. The van der Waals surface area contributed by atoms with Crippen LogP contribution in [0.5, 0.6) is 0 Å². The van der Waals surface area contributed by atoms with Crippen LogP contribution in [-0.4, -0.2) is 51.2 Å². The first-order valence-corrected chi connectivity index (χ1v) is 8.52. The monoisotopic (exact) mass is 304 g/mol. The van der Waals surface area contributed by atoms with Crippen LogP contribution in [-0.2, 0) is 18.4 Å². The maximum Gasteiger partial charge on any atom is 0.224 e. The number of hydrogen-bond donors (Lipinski definition) is 0. The highest BCUT2D eigenvalue weighted by atomic mass is 16.2. The smallest absolute Gasteiger partial charge is 0.224 e. The van der Waals surface area contributed by atoms with E-state index in [4.69, 9.17) is 0 Å². The average Bonchev–Trinajstić information content (AvgIpc) is 3.22. The molecule has 0 spiro atoms. The van der Waals surface area contributed by atoms with Gasteiger partial charge in [-0.05, 0) is 24.7 Å². The highest BCUT2D eigenvalue weighted by Crippen LogP contribution is 2.32. The molecule has 1 saturated heterocycles. The van der Waals surface area contributed by atoms with Crippen molar-refractivity contribution in [1.82, 2.24) is 19.6 Å². The van der Waals surface area contributed by atoms with Crippen LogP contribution in [0.15, 0.2) is 12.4 Å². The van der Waals surface area contributed by atoms with Crippen LogP contribution in [0.4, 0.5) is 0 Å². The molecule has 1 aliphatic carbocycles. The third-order valence-electron chi connectivity index (χ3n) is 4.89. The summed E-state index contributed by atoms with van der Waals surface area (Å²) in [4.78, 5) is 17.2. The molecule has 122 valence electrons. The molecular weight excluding hydrogens is 276 g/mol. The number of hydrogen-bond acceptors (Lipinski definition) is 3. The lowest BCUT2D eigenvalue weighted by Crippen LogP contribution is -2.47. The number of aryl methyl sites for hydroxylation is 1. The molecule has 22 heavy (non-hydrogen) atoms. The molecule has 1 atom stereocenters. The van der Waals surface area contributed by atoms with Gasteiger partial charge in [-0.1, -0.05) is 13.8 Å². The Bertz CT molecular complexity index is 520.